The van der Waals surface area contributed by atoms with Crippen molar-refractivity contribution in [3.8, 4) is 0 Å². The van der Waals surface area contributed by atoms with Gasteiger partial charge in [-0.15, -0.1) is 0 Å². The first-order valence-electron chi connectivity index (χ1n) is 6.28. The maximum Gasteiger partial charge on any atom is 0.163 e. The zero-order valence-corrected chi connectivity index (χ0v) is 12.4. The molecule has 0 saturated carbocycles. The van der Waals surface area contributed by atoms with Crippen molar-refractivity contribution in [3.05, 3.63) is 34.4 Å². The van der Waals surface area contributed by atoms with Crippen molar-refractivity contribution in [1.82, 2.24) is 0 Å². The summed E-state index contributed by atoms with van der Waals surface area (Å²) in [5.41, 5.74) is 0.163. The van der Waals surface area contributed by atoms with Gasteiger partial charge in [0.15, 0.2) is 5.78 Å². The van der Waals surface area contributed by atoms with Crippen molar-refractivity contribution in [1.29, 1.82) is 0 Å². The van der Waals surface area contributed by atoms with Gasteiger partial charge < -0.3 is 0 Å². The summed E-state index contributed by atoms with van der Waals surface area (Å²) in [5.74, 6) is -1.89. The molecule has 0 saturated heterocycles. The Balaban J connectivity index is 2.79. The molecule has 0 bridgehead atoms. The molecule has 0 aliphatic carbocycles. The van der Waals surface area contributed by atoms with Gasteiger partial charge in [0.1, 0.15) is 16.7 Å². The molecule has 1 unspecified atom stereocenters. The first-order valence-corrected chi connectivity index (χ1v) is 6.65. The predicted molar refractivity (Wildman–Crippen MR) is 73.6 cm³/mol. The molecular formula is C15H19ClF2O. The normalized spacial score (nSPS) is 13.4. The Morgan fingerprint density at radius 3 is 2.16 bits per heavy atom. The molecule has 0 aliphatic rings. The number of hydrogen-bond acceptors (Lipinski definition) is 1. The zero-order valence-electron chi connectivity index (χ0n) is 11.7. The summed E-state index contributed by atoms with van der Waals surface area (Å²) < 4.78 is 26.6. The van der Waals surface area contributed by atoms with Crippen molar-refractivity contribution in [2.45, 2.75) is 40.5 Å². The van der Waals surface area contributed by atoms with E-state index in [-0.39, 0.29) is 29.1 Å². The number of ketones is 1. The van der Waals surface area contributed by atoms with Gasteiger partial charge in [0.2, 0.25) is 0 Å². The number of Topliss-reactive ketones (excluding diaryl/α,β-unsaturated/α-hetero) is 1. The van der Waals surface area contributed by atoms with E-state index in [1.807, 2.05) is 6.92 Å². The van der Waals surface area contributed by atoms with E-state index in [0.717, 1.165) is 18.6 Å². The zero-order chi connectivity index (χ0) is 14.8. The fourth-order valence-electron chi connectivity index (χ4n) is 2.27. The molecule has 0 amide bonds. The van der Waals surface area contributed by atoms with Gasteiger partial charge in [0.25, 0.3) is 0 Å². The highest BCUT2D eigenvalue weighted by molar-refractivity contribution is 6.31. The van der Waals surface area contributed by atoms with E-state index in [2.05, 4.69) is 20.8 Å². The van der Waals surface area contributed by atoms with Crippen LogP contribution in [0, 0.1) is 23.0 Å². The van der Waals surface area contributed by atoms with Crippen LogP contribution >= 0.6 is 11.6 Å². The lowest BCUT2D eigenvalue weighted by atomic mass is 9.83. The molecule has 1 nitrogen and oxygen atoms in total. The third kappa shape index (κ3) is 4.90. The van der Waals surface area contributed by atoms with Crippen molar-refractivity contribution in [2.75, 3.05) is 0 Å². The van der Waals surface area contributed by atoms with Gasteiger partial charge in [-0.3, -0.25) is 4.79 Å². The minimum Gasteiger partial charge on any atom is -0.294 e. The summed E-state index contributed by atoms with van der Waals surface area (Å²) in [6.45, 7) is 8.24. The topological polar surface area (TPSA) is 17.1 Å². The van der Waals surface area contributed by atoms with Crippen LogP contribution in [0.3, 0.4) is 0 Å². The molecule has 0 heterocycles. The van der Waals surface area contributed by atoms with E-state index in [0.29, 0.717) is 0 Å². The van der Waals surface area contributed by atoms with Crippen molar-refractivity contribution in [3.63, 3.8) is 0 Å². The van der Waals surface area contributed by atoms with Gasteiger partial charge in [0.05, 0.1) is 0 Å². The Bertz CT molecular complexity index is 455. The number of carbonyl (C=O) groups is 1. The minimum atomic E-state index is -0.895. The SMILES string of the molecule is CC(CC(=O)c1cc(F)c(Cl)c(F)c1)CC(C)(C)C. The van der Waals surface area contributed by atoms with Gasteiger partial charge in [-0.2, -0.15) is 0 Å². The molecule has 106 valence electrons. The molecule has 19 heavy (non-hydrogen) atoms. The molecule has 1 atom stereocenters. The quantitative estimate of drug-likeness (QED) is 0.545. The van der Waals surface area contributed by atoms with E-state index in [1.54, 1.807) is 0 Å². The Kier molecular flexibility index (Phi) is 5.08. The van der Waals surface area contributed by atoms with Gasteiger partial charge in [-0.1, -0.05) is 39.3 Å². The number of benzene rings is 1. The van der Waals surface area contributed by atoms with Crippen LogP contribution in [0.25, 0.3) is 0 Å². The Morgan fingerprint density at radius 2 is 1.74 bits per heavy atom. The van der Waals surface area contributed by atoms with E-state index >= 15 is 0 Å². The summed E-state index contributed by atoms with van der Waals surface area (Å²) in [6, 6.07) is 2.00. The third-order valence-corrected chi connectivity index (χ3v) is 3.16. The van der Waals surface area contributed by atoms with Crippen molar-refractivity contribution < 1.29 is 13.6 Å². The highest BCUT2D eigenvalue weighted by atomic mass is 35.5. The Labute approximate surface area is 118 Å². The van der Waals surface area contributed by atoms with Crippen LogP contribution in [0.5, 0.6) is 0 Å². The average Bonchev–Trinajstić information content (AvgIpc) is 2.22. The lowest BCUT2D eigenvalue weighted by molar-refractivity contribution is 0.0953. The molecule has 0 aromatic heterocycles. The first-order chi connectivity index (χ1) is 8.60. The van der Waals surface area contributed by atoms with Gasteiger partial charge >= 0.3 is 0 Å². The lowest BCUT2D eigenvalue weighted by Gasteiger charge is -2.22. The Hall–Kier alpha value is -0.960. The first kappa shape index (κ1) is 16.1. The molecule has 1 aromatic carbocycles. The van der Waals surface area contributed by atoms with Crippen LogP contribution in [-0.4, -0.2) is 5.78 Å². The van der Waals surface area contributed by atoms with Crippen LogP contribution in [0.15, 0.2) is 12.1 Å². The Morgan fingerprint density at radius 1 is 1.26 bits per heavy atom. The second-order valence-corrected chi connectivity index (χ2v) is 6.63. The lowest BCUT2D eigenvalue weighted by Crippen LogP contribution is -2.14. The fourth-order valence-corrected chi connectivity index (χ4v) is 2.38. The summed E-state index contributed by atoms with van der Waals surface area (Å²) in [7, 11) is 0. The number of carbonyl (C=O) groups excluding carboxylic acids is 1. The smallest absolute Gasteiger partial charge is 0.163 e. The second-order valence-electron chi connectivity index (χ2n) is 6.25. The van der Waals surface area contributed by atoms with Crippen LogP contribution in [-0.2, 0) is 0 Å². The molecule has 1 aromatic rings. The molecule has 0 fully saturated rings. The summed E-state index contributed by atoms with van der Waals surface area (Å²) >= 11 is 5.39. The van der Waals surface area contributed by atoms with E-state index < -0.39 is 16.7 Å². The fraction of sp³-hybridized carbons (Fsp3) is 0.533. The molecule has 0 aliphatic heterocycles. The van der Waals surface area contributed by atoms with E-state index in [9.17, 15) is 13.6 Å². The molecule has 1 rings (SSSR count). The molecule has 0 spiro atoms. The highest BCUT2D eigenvalue weighted by Gasteiger charge is 2.20. The molecular weight excluding hydrogens is 270 g/mol. The number of hydrogen-bond donors (Lipinski definition) is 0. The predicted octanol–water partition coefficient (Wildman–Crippen LogP) is 5.26. The summed E-state index contributed by atoms with van der Waals surface area (Å²) in [5, 5.41) is -0.570. The monoisotopic (exact) mass is 288 g/mol. The van der Waals surface area contributed by atoms with Crippen LogP contribution in [0.1, 0.15) is 50.9 Å². The second kappa shape index (κ2) is 6.00. The van der Waals surface area contributed by atoms with Crippen LogP contribution in [0.2, 0.25) is 5.02 Å². The van der Waals surface area contributed by atoms with Gasteiger partial charge in [-0.05, 0) is 29.9 Å². The van der Waals surface area contributed by atoms with Crippen molar-refractivity contribution >= 4 is 17.4 Å². The largest absolute Gasteiger partial charge is 0.294 e. The average molecular weight is 289 g/mol. The third-order valence-electron chi connectivity index (χ3n) is 2.80. The minimum absolute atomic E-state index is 0.0418. The van der Waals surface area contributed by atoms with Crippen molar-refractivity contribution in [2.24, 2.45) is 11.3 Å². The van der Waals surface area contributed by atoms with Crippen LogP contribution in [0.4, 0.5) is 8.78 Å². The maximum atomic E-state index is 13.3. The van der Waals surface area contributed by atoms with E-state index in [4.69, 9.17) is 11.6 Å². The molecule has 4 heteroatoms. The van der Waals surface area contributed by atoms with Crippen LogP contribution < -0.4 is 0 Å². The molecule has 0 radical (unpaired) electrons. The standard InChI is InChI=1S/C15H19ClF2O/c1-9(8-15(2,3)4)5-13(19)10-6-11(17)14(16)12(18)7-10/h6-7,9H,5,8H2,1-4H3. The molecule has 0 N–H and O–H groups in total. The maximum absolute atomic E-state index is 13.3. The summed E-state index contributed by atoms with van der Waals surface area (Å²) in [4.78, 5) is 12.0. The number of rotatable bonds is 4. The van der Waals surface area contributed by atoms with Gasteiger partial charge in [-0.25, -0.2) is 8.78 Å². The number of halogens is 3. The highest BCUT2D eigenvalue weighted by Crippen LogP contribution is 2.28. The summed E-state index contributed by atoms with van der Waals surface area (Å²) in [6.07, 6.45) is 1.15. The van der Waals surface area contributed by atoms with Gasteiger partial charge in [0, 0.05) is 12.0 Å². The van der Waals surface area contributed by atoms with E-state index in [1.165, 1.54) is 0 Å².